The Bertz CT molecular complexity index is 1210. The van der Waals surface area contributed by atoms with Crippen LogP contribution in [0.1, 0.15) is 39.5 Å². The standard InChI is InChI=1S/C23H25F2N5O2S/c1-10(2)33-22-17(25)21(28-18-12-5-3-11(4-6-12)16(18)23(31)32)29-20(30-22)15-9-27-19-14(15)7-13(24)8-26-19/h7-12,16,18H,3-6H2,1-2H3,(H,26,27)(H,31,32)(H,28,29,30)/t11?,12?,16-,18-/m0/s1. The summed E-state index contributed by atoms with van der Waals surface area (Å²) in [5.74, 6) is -2.06. The van der Waals surface area contributed by atoms with Crippen molar-refractivity contribution in [3.63, 3.8) is 0 Å². The maximum atomic E-state index is 15.5. The zero-order valence-corrected chi connectivity index (χ0v) is 19.1. The predicted molar refractivity (Wildman–Crippen MR) is 122 cm³/mol. The van der Waals surface area contributed by atoms with Gasteiger partial charge in [-0.25, -0.2) is 19.3 Å². The van der Waals surface area contributed by atoms with Crippen LogP contribution in [0.4, 0.5) is 14.6 Å². The van der Waals surface area contributed by atoms with E-state index in [1.165, 1.54) is 17.8 Å². The van der Waals surface area contributed by atoms with Crippen LogP contribution in [0.2, 0.25) is 0 Å². The number of halogens is 2. The molecule has 2 bridgehead atoms. The van der Waals surface area contributed by atoms with Gasteiger partial charge in [-0.05, 0) is 43.6 Å². The highest BCUT2D eigenvalue weighted by Gasteiger charge is 2.47. The lowest BCUT2D eigenvalue weighted by molar-refractivity contribution is -0.148. The van der Waals surface area contributed by atoms with Crippen molar-refractivity contribution >= 4 is 34.6 Å². The van der Waals surface area contributed by atoms with Crippen LogP contribution in [0, 0.1) is 29.4 Å². The minimum Gasteiger partial charge on any atom is -0.481 e. The number of thioether (sulfide) groups is 1. The van der Waals surface area contributed by atoms with E-state index in [0.29, 0.717) is 16.6 Å². The maximum Gasteiger partial charge on any atom is 0.308 e. The molecule has 3 heterocycles. The number of nitrogens with one attached hydrogen (secondary N) is 2. The lowest BCUT2D eigenvalue weighted by Crippen LogP contribution is -2.51. The maximum absolute atomic E-state index is 15.5. The topological polar surface area (TPSA) is 104 Å². The molecule has 2 atom stereocenters. The average Bonchev–Trinajstić information content (AvgIpc) is 3.19. The Morgan fingerprint density at radius 1 is 1.21 bits per heavy atom. The van der Waals surface area contributed by atoms with Crippen molar-refractivity contribution in [3.05, 3.63) is 30.1 Å². The van der Waals surface area contributed by atoms with Gasteiger partial charge in [-0.15, -0.1) is 11.8 Å². The number of fused-ring (bicyclic) bond motifs is 4. The molecule has 3 fully saturated rings. The van der Waals surface area contributed by atoms with Crippen LogP contribution in [-0.4, -0.2) is 42.3 Å². The fourth-order valence-electron chi connectivity index (χ4n) is 5.28. The number of anilines is 1. The molecule has 174 valence electrons. The van der Waals surface area contributed by atoms with Gasteiger partial charge in [-0.2, -0.15) is 4.39 Å². The van der Waals surface area contributed by atoms with Crippen LogP contribution < -0.4 is 5.32 Å². The first-order valence-electron chi connectivity index (χ1n) is 11.2. The molecule has 0 amide bonds. The van der Waals surface area contributed by atoms with Crippen molar-refractivity contribution in [2.75, 3.05) is 5.32 Å². The predicted octanol–water partition coefficient (Wildman–Crippen LogP) is 5.10. The summed E-state index contributed by atoms with van der Waals surface area (Å²) in [6.07, 6.45) is 6.37. The molecule has 7 nitrogen and oxygen atoms in total. The number of H-pyrrole nitrogens is 1. The zero-order chi connectivity index (χ0) is 23.3. The van der Waals surface area contributed by atoms with E-state index >= 15 is 4.39 Å². The Labute approximate surface area is 193 Å². The number of hydrogen-bond acceptors (Lipinski definition) is 6. The van der Waals surface area contributed by atoms with Crippen molar-refractivity contribution in [1.29, 1.82) is 0 Å². The molecule has 33 heavy (non-hydrogen) atoms. The highest BCUT2D eigenvalue weighted by molar-refractivity contribution is 7.99. The lowest BCUT2D eigenvalue weighted by atomic mass is 9.61. The van der Waals surface area contributed by atoms with Gasteiger partial charge >= 0.3 is 5.97 Å². The highest BCUT2D eigenvalue weighted by atomic mass is 32.2. The van der Waals surface area contributed by atoms with Gasteiger partial charge in [0, 0.05) is 28.4 Å². The zero-order valence-electron chi connectivity index (χ0n) is 18.3. The summed E-state index contributed by atoms with van der Waals surface area (Å²) in [5.41, 5.74) is 0.980. The van der Waals surface area contributed by atoms with Crippen LogP contribution in [0.15, 0.2) is 23.5 Å². The monoisotopic (exact) mass is 473 g/mol. The van der Waals surface area contributed by atoms with E-state index in [4.69, 9.17) is 0 Å². The number of aromatic amines is 1. The Morgan fingerprint density at radius 2 is 1.94 bits per heavy atom. The molecule has 3 saturated carbocycles. The Balaban J connectivity index is 1.59. The number of carboxylic acids is 1. The Morgan fingerprint density at radius 3 is 2.64 bits per heavy atom. The number of carbonyl (C=O) groups is 1. The summed E-state index contributed by atoms with van der Waals surface area (Å²) in [4.78, 5) is 28.0. The third kappa shape index (κ3) is 4.05. The van der Waals surface area contributed by atoms with Gasteiger partial charge < -0.3 is 15.4 Å². The molecule has 10 heteroatoms. The molecule has 3 N–H and O–H groups in total. The first-order valence-corrected chi connectivity index (χ1v) is 12.1. The van der Waals surface area contributed by atoms with Crippen LogP contribution in [0.25, 0.3) is 22.4 Å². The van der Waals surface area contributed by atoms with Crippen molar-refractivity contribution in [3.8, 4) is 11.4 Å². The minimum absolute atomic E-state index is 0.00865. The van der Waals surface area contributed by atoms with Crippen molar-refractivity contribution in [2.24, 2.45) is 17.8 Å². The van der Waals surface area contributed by atoms with E-state index in [1.54, 1.807) is 6.20 Å². The normalized spacial score (nSPS) is 24.5. The largest absolute Gasteiger partial charge is 0.481 e. The van der Waals surface area contributed by atoms with Crippen molar-refractivity contribution in [2.45, 2.75) is 55.8 Å². The Kier molecular flexibility index (Phi) is 5.72. The van der Waals surface area contributed by atoms with Crippen LogP contribution >= 0.6 is 11.8 Å². The number of rotatable bonds is 6. The van der Waals surface area contributed by atoms with E-state index < -0.39 is 29.6 Å². The molecule has 3 aliphatic rings. The summed E-state index contributed by atoms with van der Waals surface area (Å²) in [6.45, 7) is 3.87. The smallest absolute Gasteiger partial charge is 0.308 e. The highest BCUT2D eigenvalue weighted by Crippen LogP contribution is 2.46. The molecule has 0 saturated heterocycles. The van der Waals surface area contributed by atoms with E-state index in [1.807, 2.05) is 13.8 Å². The van der Waals surface area contributed by atoms with Gasteiger partial charge in [0.2, 0.25) is 0 Å². The fourth-order valence-corrected chi connectivity index (χ4v) is 6.06. The molecular formula is C23H25F2N5O2S. The SMILES string of the molecule is CC(C)Sc1nc(-c2c[nH]c3ncc(F)cc23)nc(N[C@H]2C3CCC(CC3)[C@@H]2C(=O)O)c1F. The molecule has 0 unspecified atom stereocenters. The molecule has 6 rings (SSSR count). The summed E-state index contributed by atoms with van der Waals surface area (Å²) < 4.78 is 29.4. The van der Waals surface area contributed by atoms with Gasteiger partial charge in [0.05, 0.1) is 12.1 Å². The third-order valence-electron chi connectivity index (χ3n) is 6.71. The van der Waals surface area contributed by atoms with Gasteiger partial charge in [-0.3, -0.25) is 4.79 Å². The van der Waals surface area contributed by atoms with E-state index in [0.717, 1.165) is 31.9 Å². The number of aromatic nitrogens is 4. The minimum atomic E-state index is -0.855. The fraction of sp³-hybridized carbons (Fsp3) is 0.478. The summed E-state index contributed by atoms with van der Waals surface area (Å²) in [7, 11) is 0. The van der Waals surface area contributed by atoms with Crippen molar-refractivity contribution in [1.82, 2.24) is 19.9 Å². The summed E-state index contributed by atoms with van der Waals surface area (Å²) in [6, 6.07) is 0.940. The molecule has 0 aromatic carbocycles. The second-order valence-corrected chi connectivity index (χ2v) is 10.7. The molecule has 3 aromatic rings. The number of hydrogen-bond donors (Lipinski definition) is 3. The number of carboxylic acid groups (broad SMARTS) is 1. The molecule has 0 aliphatic heterocycles. The quantitative estimate of drug-likeness (QED) is 0.338. The summed E-state index contributed by atoms with van der Waals surface area (Å²) in [5, 5.41) is 13.8. The first kappa shape index (κ1) is 22.1. The first-order chi connectivity index (χ1) is 15.8. The van der Waals surface area contributed by atoms with Gasteiger partial charge in [0.15, 0.2) is 17.5 Å². The molecule has 0 spiro atoms. The Hall–Kier alpha value is -2.75. The number of nitrogens with zero attached hydrogens (tertiary/aromatic N) is 3. The third-order valence-corrected chi connectivity index (χ3v) is 7.68. The van der Waals surface area contributed by atoms with Crippen LogP contribution in [0.3, 0.4) is 0 Å². The summed E-state index contributed by atoms with van der Waals surface area (Å²) >= 11 is 1.26. The second kappa shape index (κ2) is 8.55. The van der Waals surface area contributed by atoms with Crippen LogP contribution in [-0.2, 0) is 4.79 Å². The lowest BCUT2D eigenvalue weighted by Gasteiger charge is -2.47. The van der Waals surface area contributed by atoms with Crippen molar-refractivity contribution < 1.29 is 18.7 Å². The number of aliphatic carboxylic acids is 1. The van der Waals surface area contributed by atoms with Gasteiger partial charge in [-0.1, -0.05) is 13.8 Å². The molecular weight excluding hydrogens is 448 g/mol. The molecule has 3 aliphatic carbocycles. The van der Waals surface area contributed by atoms with E-state index in [2.05, 4.69) is 25.3 Å². The van der Waals surface area contributed by atoms with Gasteiger partial charge in [0.25, 0.3) is 0 Å². The van der Waals surface area contributed by atoms with E-state index in [-0.39, 0.29) is 33.8 Å². The van der Waals surface area contributed by atoms with Gasteiger partial charge in [0.1, 0.15) is 16.5 Å². The van der Waals surface area contributed by atoms with E-state index in [9.17, 15) is 14.3 Å². The molecule has 3 aromatic heterocycles. The number of pyridine rings is 1. The molecule has 0 radical (unpaired) electrons. The second-order valence-electron chi connectivity index (χ2n) is 9.14. The van der Waals surface area contributed by atoms with Crippen LogP contribution in [0.5, 0.6) is 0 Å². The average molecular weight is 474 g/mol.